The van der Waals surface area contributed by atoms with Crippen LogP contribution >= 0.6 is 0 Å². The van der Waals surface area contributed by atoms with Crippen LogP contribution in [0.15, 0.2) is 0 Å². The lowest BCUT2D eigenvalue weighted by Gasteiger charge is -1.98. The molecule has 0 aliphatic heterocycles. The maximum absolute atomic E-state index is 10.7. The number of hydrogen-bond donors (Lipinski definition) is 3. The highest BCUT2D eigenvalue weighted by molar-refractivity contribution is 5.93. The average molecular weight is 188 g/mol. The van der Waals surface area contributed by atoms with Crippen LogP contribution in [0.5, 0.6) is 0 Å². The highest BCUT2D eigenvalue weighted by Gasteiger charge is 2.04. The van der Waals surface area contributed by atoms with Crippen LogP contribution < -0.4 is 11.1 Å². The van der Waals surface area contributed by atoms with Crippen LogP contribution in [0.1, 0.15) is 25.7 Å². The number of nitrogens with one attached hydrogen (secondary N) is 1. The molecule has 0 heterocycles. The molecule has 0 radical (unpaired) electrons. The monoisotopic (exact) mass is 188 g/mol. The minimum atomic E-state index is -0.893. The number of carboxylic acid groups (broad SMARTS) is 1. The van der Waals surface area contributed by atoms with Crippen LogP contribution in [-0.2, 0) is 9.59 Å². The summed E-state index contributed by atoms with van der Waals surface area (Å²) in [5.41, 5.74) is 4.68. The van der Waals surface area contributed by atoms with Crippen LogP contribution in [0.4, 0.5) is 4.79 Å². The van der Waals surface area contributed by atoms with Gasteiger partial charge in [0.25, 0.3) is 0 Å². The molecule has 4 N–H and O–H groups in total. The van der Waals surface area contributed by atoms with Crippen molar-refractivity contribution in [3.8, 4) is 0 Å². The van der Waals surface area contributed by atoms with Crippen LogP contribution in [0.3, 0.4) is 0 Å². The summed E-state index contributed by atoms with van der Waals surface area (Å²) in [5, 5.41) is 10.1. The molecule has 0 bridgehead atoms. The number of rotatable bonds is 5. The molecule has 0 spiro atoms. The number of hydrogen-bond acceptors (Lipinski definition) is 3. The second-order valence-electron chi connectivity index (χ2n) is 2.51. The average Bonchev–Trinajstić information content (AvgIpc) is 1.96. The van der Waals surface area contributed by atoms with E-state index < -0.39 is 17.9 Å². The van der Waals surface area contributed by atoms with Crippen LogP contribution in [0, 0.1) is 0 Å². The second-order valence-corrected chi connectivity index (χ2v) is 2.51. The first kappa shape index (κ1) is 11.4. The third-order valence-corrected chi connectivity index (χ3v) is 1.31. The first-order valence-electron chi connectivity index (χ1n) is 3.83. The van der Waals surface area contributed by atoms with Crippen molar-refractivity contribution in [3.63, 3.8) is 0 Å². The lowest BCUT2D eigenvalue weighted by Crippen LogP contribution is -2.34. The Kier molecular flexibility index (Phi) is 5.25. The molecule has 3 amide bonds. The molecule has 74 valence electrons. The van der Waals surface area contributed by atoms with E-state index in [1.165, 1.54) is 0 Å². The zero-order valence-corrected chi connectivity index (χ0v) is 7.08. The van der Waals surface area contributed by atoms with Crippen LogP contribution in [0.2, 0.25) is 0 Å². The summed E-state index contributed by atoms with van der Waals surface area (Å²) in [6.07, 6.45) is 1.01. The van der Waals surface area contributed by atoms with Crippen molar-refractivity contribution in [2.45, 2.75) is 25.7 Å². The Balaban J connectivity index is 3.37. The molecule has 0 rings (SSSR count). The van der Waals surface area contributed by atoms with E-state index in [2.05, 4.69) is 5.73 Å². The summed E-state index contributed by atoms with van der Waals surface area (Å²) in [6.45, 7) is 0. The number of unbranched alkanes of at least 4 members (excludes halogenated alkanes) is 1. The molecular weight excluding hydrogens is 176 g/mol. The SMILES string of the molecule is NC(=O)NC(=O)CCCCC(=O)O. The normalized spacial score (nSPS) is 9.23. The third kappa shape index (κ3) is 8.32. The van der Waals surface area contributed by atoms with E-state index in [0.717, 1.165) is 0 Å². The first-order valence-corrected chi connectivity index (χ1v) is 3.83. The van der Waals surface area contributed by atoms with E-state index >= 15 is 0 Å². The predicted molar refractivity (Wildman–Crippen MR) is 43.8 cm³/mol. The summed E-state index contributed by atoms with van der Waals surface area (Å²) in [7, 11) is 0. The molecule has 0 aromatic rings. The van der Waals surface area contributed by atoms with Gasteiger partial charge in [-0.3, -0.25) is 14.9 Å². The molecule has 0 aliphatic carbocycles. The van der Waals surface area contributed by atoms with E-state index in [4.69, 9.17) is 5.11 Å². The molecule has 0 aromatic heterocycles. The summed E-state index contributed by atoms with van der Waals surface area (Å²) in [5.74, 6) is -1.37. The summed E-state index contributed by atoms with van der Waals surface area (Å²) >= 11 is 0. The Hall–Kier alpha value is -1.59. The molecule has 0 aromatic carbocycles. The number of nitrogens with two attached hydrogens (primary N) is 1. The fraction of sp³-hybridized carbons (Fsp3) is 0.571. The van der Waals surface area contributed by atoms with Crippen molar-refractivity contribution in [1.82, 2.24) is 5.32 Å². The van der Waals surface area contributed by atoms with Gasteiger partial charge in [0.2, 0.25) is 5.91 Å². The van der Waals surface area contributed by atoms with E-state index in [0.29, 0.717) is 12.8 Å². The smallest absolute Gasteiger partial charge is 0.318 e. The van der Waals surface area contributed by atoms with Gasteiger partial charge in [0.05, 0.1) is 0 Å². The molecule has 0 saturated heterocycles. The quantitative estimate of drug-likeness (QED) is 0.520. The van der Waals surface area contributed by atoms with Gasteiger partial charge in [-0.15, -0.1) is 0 Å². The van der Waals surface area contributed by atoms with E-state index in [1.807, 2.05) is 5.32 Å². The minimum Gasteiger partial charge on any atom is -0.481 e. The number of carboxylic acids is 1. The number of carbonyl (C=O) groups is 3. The topological polar surface area (TPSA) is 109 Å². The van der Waals surface area contributed by atoms with E-state index in [9.17, 15) is 14.4 Å². The van der Waals surface area contributed by atoms with Gasteiger partial charge < -0.3 is 10.8 Å². The van der Waals surface area contributed by atoms with E-state index in [-0.39, 0.29) is 12.8 Å². The minimum absolute atomic E-state index is 0.0316. The molecule has 13 heavy (non-hydrogen) atoms. The highest BCUT2D eigenvalue weighted by atomic mass is 16.4. The number of urea groups is 1. The fourth-order valence-electron chi connectivity index (χ4n) is 0.762. The number of aliphatic carboxylic acids is 1. The van der Waals surface area contributed by atoms with Crippen LogP contribution in [-0.4, -0.2) is 23.0 Å². The lowest BCUT2D eigenvalue weighted by atomic mass is 10.2. The summed E-state index contributed by atoms with van der Waals surface area (Å²) in [4.78, 5) is 30.9. The summed E-state index contributed by atoms with van der Waals surface area (Å²) in [6, 6.07) is -0.886. The molecule has 0 saturated carbocycles. The number of imide groups is 1. The van der Waals surface area contributed by atoms with Gasteiger partial charge in [-0.05, 0) is 12.8 Å². The predicted octanol–water partition coefficient (Wildman–Crippen LogP) is -0.174. The van der Waals surface area contributed by atoms with Crippen molar-refractivity contribution < 1.29 is 19.5 Å². The standard InChI is InChI=1S/C7H12N2O4/c8-7(13)9-5(10)3-1-2-4-6(11)12/h1-4H2,(H,11,12)(H3,8,9,10,13). The Morgan fingerprint density at radius 1 is 1.15 bits per heavy atom. The van der Waals surface area contributed by atoms with Crippen LogP contribution in [0.25, 0.3) is 0 Å². The Bertz CT molecular complexity index is 215. The Morgan fingerprint density at radius 2 is 1.69 bits per heavy atom. The number of carbonyl (C=O) groups excluding carboxylic acids is 2. The highest BCUT2D eigenvalue weighted by Crippen LogP contribution is 1.99. The molecule has 0 atom stereocenters. The molecule has 0 unspecified atom stereocenters. The molecular formula is C7H12N2O4. The van der Waals surface area contributed by atoms with Crippen molar-refractivity contribution in [2.75, 3.05) is 0 Å². The van der Waals surface area contributed by atoms with Crippen molar-refractivity contribution in [3.05, 3.63) is 0 Å². The Morgan fingerprint density at radius 3 is 2.15 bits per heavy atom. The molecule has 6 nitrogen and oxygen atoms in total. The molecule has 0 aliphatic rings. The zero-order valence-electron chi connectivity index (χ0n) is 7.08. The fourth-order valence-corrected chi connectivity index (χ4v) is 0.762. The Labute approximate surface area is 75.1 Å². The molecule has 6 heteroatoms. The van der Waals surface area contributed by atoms with Gasteiger partial charge in [-0.2, -0.15) is 0 Å². The van der Waals surface area contributed by atoms with Gasteiger partial charge in [-0.1, -0.05) is 0 Å². The largest absolute Gasteiger partial charge is 0.481 e. The number of primary amides is 1. The van der Waals surface area contributed by atoms with Crippen molar-refractivity contribution >= 4 is 17.9 Å². The first-order chi connectivity index (χ1) is 6.02. The number of amides is 3. The van der Waals surface area contributed by atoms with Gasteiger partial charge >= 0.3 is 12.0 Å². The summed E-state index contributed by atoms with van der Waals surface area (Å²) < 4.78 is 0. The maximum Gasteiger partial charge on any atom is 0.318 e. The second kappa shape index (κ2) is 5.99. The zero-order chi connectivity index (χ0) is 10.3. The van der Waals surface area contributed by atoms with Gasteiger partial charge in [0.15, 0.2) is 0 Å². The van der Waals surface area contributed by atoms with Crippen molar-refractivity contribution in [2.24, 2.45) is 5.73 Å². The van der Waals surface area contributed by atoms with Gasteiger partial charge in [0.1, 0.15) is 0 Å². The molecule has 0 fully saturated rings. The van der Waals surface area contributed by atoms with Gasteiger partial charge in [0, 0.05) is 12.8 Å². The maximum atomic E-state index is 10.7. The van der Waals surface area contributed by atoms with Crippen molar-refractivity contribution in [1.29, 1.82) is 0 Å². The lowest BCUT2D eigenvalue weighted by molar-refractivity contribution is -0.137. The van der Waals surface area contributed by atoms with Gasteiger partial charge in [-0.25, -0.2) is 4.79 Å². The third-order valence-electron chi connectivity index (χ3n) is 1.31. The van der Waals surface area contributed by atoms with E-state index in [1.54, 1.807) is 0 Å².